The first-order chi connectivity index (χ1) is 9.75. The fraction of sp³-hybridized carbons (Fsp3) is 0. The highest BCUT2D eigenvalue weighted by Gasteiger charge is 2.07. The third-order valence-corrected chi connectivity index (χ3v) is 3.35. The molecule has 3 rings (SSSR count). The van der Waals surface area contributed by atoms with Crippen LogP contribution < -0.4 is 11.1 Å². The molecule has 0 unspecified atom stereocenters. The smallest absolute Gasteiger partial charge is 0.104 e. The molecular formula is C16H13N3S. The van der Waals surface area contributed by atoms with E-state index in [1.807, 2.05) is 42.5 Å². The van der Waals surface area contributed by atoms with E-state index in [9.17, 15) is 0 Å². The molecule has 0 aliphatic heterocycles. The van der Waals surface area contributed by atoms with Crippen LogP contribution in [-0.2, 0) is 0 Å². The van der Waals surface area contributed by atoms with Crippen LogP contribution in [0.4, 0.5) is 11.4 Å². The third-order valence-electron chi connectivity index (χ3n) is 3.13. The fourth-order valence-electron chi connectivity index (χ4n) is 2.22. The van der Waals surface area contributed by atoms with Gasteiger partial charge in [0.25, 0.3) is 0 Å². The van der Waals surface area contributed by atoms with E-state index in [-0.39, 0.29) is 0 Å². The summed E-state index contributed by atoms with van der Waals surface area (Å²) in [5.41, 5.74) is 8.63. The minimum atomic E-state index is 0.411. The first-order valence-corrected chi connectivity index (χ1v) is 6.65. The van der Waals surface area contributed by atoms with Crippen molar-refractivity contribution in [2.24, 2.45) is 5.73 Å². The van der Waals surface area contributed by atoms with Crippen molar-refractivity contribution < 1.29 is 0 Å². The largest absolute Gasteiger partial charge is 0.389 e. The summed E-state index contributed by atoms with van der Waals surface area (Å²) in [5.74, 6) is 0. The number of nitrogens with two attached hydrogens (primary N) is 1. The Balaban J connectivity index is 2.13. The number of benzene rings is 2. The van der Waals surface area contributed by atoms with Gasteiger partial charge in [0.2, 0.25) is 0 Å². The van der Waals surface area contributed by atoms with Gasteiger partial charge in [0.05, 0.1) is 11.9 Å². The van der Waals surface area contributed by atoms with E-state index < -0.39 is 0 Å². The standard InChI is InChI=1S/C16H13N3S/c17-16(20)14-7-8-15(13-6-2-1-5-12(13)14)19-11-4-3-9-18-10-11/h1-10,19H,(H2,17,20). The minimum absolute atomic E-state index is 0.411. The first-order valence-electron chi connectivity index (χ1n) is 6.24. The van der Waals surface area contributed by atoms with Crippen LogP contribution in [0.3, 0.4) is 0 Å². The monoisotopic (exact) mass is 279 g/mol. The van der Waals surface area contributed by atoms with Gasteiger partial charge in [-0.15, -0.1) is 0 Å². The summed E-state index contributed by atoms with van der Waals surface area (Å²) in [6.07, 6.45) is 3.54. The van der Waals surface area contributed by atoms with E-state index in [4.69, 9.17) is 18.0 Å². The maximum Gasteiger partial charge on any atom is 0.104 e. The lowest BCUT2D eigenvalue weighted by Gasteiger charge is -2.12. The Morgan fingerprint density at radius 2 is 1.80 bits per heavy atom. The highest BCUT2D eigenvalue weighted by Crippen LogP contribution is 2.28. The Labute approximate surface area is 122 Å². The molecule has 0 aliphatic carbocycles. The van der Waals surface area contributed by atoms with Gasteiger partial charge in [-0.05, 0) is 29.7 Å². The van der Waals surface area contributed by atoms with Crippen molar-refractivity contribution in [3.63, 3.8) is 0 Å². The van der Waals surface area contributed by atoms with Crippen LogP contribution >= 0.6 is 12.2 Å². The molecule has 0 bridgehead atoms. The summed E-state index contributed by atoms with van der Waals surface area (Å²) in [7, 11) is 0. The molecule has 3 nitrogen and oxygen atoms in total. The number of thiocarbonyl (C=S) groups is 1. The van der Waals surface area contributed by atoms with Crippen LogP contribution in [0.2, 0.25) is 0 Å². The van der Waals surface area contributed by atoms with Crippen LogP contribution in [0, 0.1) is 0 Å². The van der Waals surface area contributed by atoms with Crippen molar-refractivity contribution in [1.29, 1.82) is 0 Å². The van der Waals surface area contributed by atoms with Crippen molar-refractivity contribution in [3.05, 3.63) is 66.5 Å². The molecule has 1 heterocycles. The van der Waals surface area contributed by atoms with Gasteiger partial charge in [0.1, 0.15) is 4.99 Å². The van der Waals surface area contributed by atoms with Crippen molar-refractivity contribution in [3.8, 4) is 0 Å². The molecule has 0 aliphatic rings. The van der Waals surface area contributed by atoms with Crippen LogP contribution in [0.1, 0.15) is 5.56 Å². The number of aromatic nitrogens is 1. The summed E-state index contributed by atoms with van der Waals surface area (Å²) in [4.78, 5) is 4.51. The topological polar surface area (TPSA) is 50.9 Å². The molecule has 0 saturated heterocycles. The molecule has 0 fully saturated rings. The molecule has 2 aromatic carbocycles. The maximum atomic E-state index is 5.78. The zero-order valence-corrected chi connectivity index (χ0v) is 11.5. The minimum Gasteiger partial charge on any atom is -0.389 e. The van der Waals surface area contributed by atoms with Gasteiger partial charge in [-0.1, -0.05) is 36.5 Å². The molecule has 0 spiro atoms. The number of hydrogen-bond donors (Lipinski definition) is 2. The van der Waals surface area contributed by atoms with E-state index >= 15 is 0 Å². The quantitative estimate of drug-likeness (QED) is 0.719. The zero-order valence-electron chi connectivity index (χ0n) is 10.7. The maximum absolute atomic E-state index is 5.78. The van der Waals surface area contributed by atoms with Gasteiger partial charge in [0.15, 0.2) is 0 Å². The van der Waals surface area contributed by atoms with Crippen molar-refractivity contribution in [2.75, 3.05) is 5.32 Å². The second-order valence-electron chi connectivity index (χ2n) is 4.44. The number of fused-ring (bicyclic) bond motifs is 1. The average Bonchev–Trinajstić information content (AvgIpc) is 2.48. The van der Waals surface area contributed by atoms with Crippen LogP contribution in [0.15, 0.2) is 60.9 Å². The Morgan fingerprint density at radius 3 is 2.50 bits per heavy atom. The molecular weight excluding hydrogens is 266 g/mol. The van der Waals surface area contributed by atoms with Gasteiger partial charge in [-0.3, -0.25) is 4.98 Å². The predicted octanol–water partition coefficient (Wildman–Crippen LogP) is 3.61. The molecule has 0 atom stereocenters. The molecule has 4 heteroatoms. The normalized spacial score (nSPS) is 10.4. The third kappa shape index (κ3) is 2.33. The molecule has 0 amide bonds. The number of rotatable bonds is 3. The Bertz CT molecular complexity index is 769. The van der Waals surface area contributed by atoms with E-state index in [1.54, 1.807) is 12.4 Å². The fourth-order valence-corrected chi connectivity index (χ4v) is 2.39. The Kier molecular flexibility index (Phi) is 3.31. The van der Waals surface area contributed by atoms with E-state index in [1.165, 1.54) is 0 Å². The van der Waals surface area contributed by atoms with Gasteiger partial charge in [-0.25, -0.2) is 0 Å². The summed E-state index contributed by atoms with van der Waals surface area (Å²) in [6.45, 7) is 0. The lowest BCUT2D eigenvalue weighted by molar-refractivity contribution is 1.32. The number of anilines is 2. The van der Waals surface area contributed by atoms with Crippen LogP contribution in [0.25, 0.3) is 10.8 Å². The van der Waals surface area contributed by atoms with Gasteiger partial charge >= 0.3 is 0 Å². The molecule has 20 heavy (non-hydrogen) atoms. The number of pyridine rings is 1. The first kappa shape index (κ1) is 12.6. The highest BCUT2D eigenvalue weighted by molar-refractivity contribution is 7.80. The van der Waals surface area contributed by atoms with Crippen molar-refractivity contribution in [1.82, 2.24) is 4.98 Å². The van der Waals surface area contributed by atoms with E-state index in [2.05, 4.69) is 16.4 Å². The van der Waals surface area contributed by atoms with Gasteiger partial charge in [0, 0.05) is 22.8 Å². The van der Waals surface area contributed by atoms with E-state index in [0.717, 1.165) is 27.7 Å². The van der Waals surface area contributed by atoms with Crippen LogP contribution in [0.5, 0.6) is 0 Å². The summed E-state index contributed by atoms with van der Waals surface area (Å²) >= 11 is 5.11. The Morgan fingerprint density at radius 1 is 1.00 bits per heavy atom. The molecule has 0 saturated carbocycles. The molecule has 3 N–H and O–H groups in total. The van der Waals surface area contributed by atoms with Crippen molar-refractivity contribution >= 4 is 39.4 Å². The highest BCUT2D eigenvalue weighted by atomic mass is 32.1. The second kappa shape index (κ2) is 5.27. The molecule has 98 valence electrons. The Hall–Kier alpha value is -2.46. The lowest BCUT2D eigenvalue weighted by atomic mass is 10.0. The number of hydrogen-bond acceptors (Lipinski definition) is 3. The van der Waals surface area contributed by atoms with Crippen molar-refractivity contribution in [2.45, 2.75) is 0 Å². The van der Waals surface area contributed by atoms with Crippen LogP contribution in [-0.4, -0.2) is 9.97 Å². The second-order valence-corrected chi connectivity index (χ2v) is 4.88. The molecule has 1 aromatic heterocycles. The summed E-state index contributed by atoms with van der Waals surface area (Å²) in [5, 5.41) is 5.50. The SMILES string of the molecule is NC(=S)c1ccc(Nc2cccnc2)c2ccccc12. The number of nitrogens with zero attached hydrogens (tertiary/aromatic N) is 1. The lowest BCUT2D eigenvalue weighted by Crippen LogP contribution is -2.10. The van der Waals surface area contributed by atoms with E-state index in [0.29, 0.717) is 4.99 Å². The zero-order chi connectivity index (χ0) is 13.9. The van der Waals surface area contributed by atoms with Gasteiger partial charge < -0.3 is 11.1 Å². The summed E-state index contributed by atoms with van der Waals surface area (Å²) in [6, 6.07) is 15.9. The average molecular weight is 279 g/mol. The molecule has 3 aromatic rings. The number of nitrogens with one attached hydrogen (secondary N) is 1. The van der Waals surface area contributed by atoms with Gasteiger partial charge in [-0.2, -0.15) is 0 Å². The summed E-state index contributed by atoms with van der Waals surface area (Å²) < 4.78 is 0. The predicted molar refractivity (Wildman–Crippen MR) is 87.4 cm³/mol. The molecule has 0 radical (unpaired) electrons.